The van der Waals surface area contributed by atoms with Crippen LogP contribution in [0.1, 0.15) is 16.7 Å². The average Bonchev–Trinajstić information content (AvgIpc) is 3.21. The highest BCUT2D eigenvalue weighted by molar-refractivity contribution is 6.31. The number of anilines is 1. The zero-order valence-electron chi connectivity index (χ0n) is 17.8. The minimum absolute atomic E-state index is 0.00677. The Morgan fingerprint density at radius 1 is 1.24 bits per heavy atom. The van der Waals surface area contributed by atoms with Crippen molar-refractivity contribution in [1.82, 2.24) is 14.9 Å². The van der Waals surface area contributed by atoms with E-state index in [1.165, 1.54) is 17.0 Å². The maximum absolute atomic E-state index is 13.8. The summed E-state index contributed by atoms with van der Waals surface area (Å²) in [4.78, 5) is 30.7. The molecule has 1 aliphatic rings. The van der Waals surface area contributed by atoms with E-state index in [1.54, 1.807) is 11.9 Å². The summed E-state index contributed by atoms with van der Waals surface area (Å²) in [5.74, 6) is -1.58. The number of likely N-dealkylation sites (N-methyl/N-ethyl adjacent to an activating group) is 1. The minimum atomic E-state index is -0.762. The monoisotopic (exact) mass is 474 g/mol. The number of aromatic nitrogens is 2. The predicted octanol–water partition coefficient (Wildman–Crippen LogP) is 2.91. The van der Waals surface area contributed by atoms with Crippen molar-refractivity contribution < 1.29 is 18.3 Å². The van der Waals surface area contributed by atoms with Gasteiger partial charge in [0, 0.05) is 23.9 Å². The quantitative estimate of drug-likeness (QED) is 0.570. The first-order valence-electron chi connectivity index (χ1n) is 10.3. The van der Waals surface area contributed by atoms with E-state index in [2.05, 4.69) is 10.3 Å². The Morgan fingerprint density at radius 3 is 2.82 bits per heavy atom. The largest absolute Gasteiger partial charge is 0.471 e. The molecule has 0 saturated heterocycles. The fourth-order valence-corrected chi connectivity index (χ4v) is 3.91. The number of ether oxygens (including phenoxy) is 1. The standard InChI is InChI=1S/C23H21ClF2N4O3/c1-27-10-20(31)30-7-6-15-8-14(2-5-19(15)30)11-29-13-28-22(21(24)23(29)32)33-12-16-3-4-17(25)9-18(16)26/h2-5,8-9,13,27H,6-7,10-12H2,1H3. The molecule has 1 amide bonds. The average molecular weight is 475 g/mol. The van der Waals surface area contributed by atoms with E-state index in [4.69, 9.17) is 16.3 Å². The number of benzene rings is 2. The van der Waals surface area contributed by atoms with E-state index < -0.39 is 17.2 Å². The van der Waals surface area contributed by atoms with Crippen LogP contribution >= 0.6 is 11.6 Å². The lowest BCUT2D eigenvalue weighted by atomic mass is 10.1. The van der Waals surface area contributed by atoms with Crippen LogP contribution in [-0.4, -0.2) is 35.6 Å². The molecule has 1 N–H and O–H groups in total. The SMILES string of the molecule is CNCC(=O)N1CCc2cc(Cn3cnc(OCc4ccc(F)cc4F)c(Cl)c3=O)ccc21. The first-order valence-corrected chi connectivity index (χ1v) is 10.6. The van der Waals surface area contributed by atoms with Crippen LogP contribution in [0, 0.1) is 11.6 Å². The van der Waals surface area contributed by atoms with Crippen molar-refractivity contribution in [2.75, 3.05) is 25.0 Å². The number of nitrogens with one attached hydrogen (secondary N) is 1. The van der Waals surface area contributed by atoms with Crippen molar-refractivity contribution in [2.24, 2.45) is 0 Å². The number of nitrogens with zero attached hydrogens (tertiary/aromatic N) is 3. The molecule has 1 aliphatic heterocycles. The third-order valence-electron chi connectivity index (χ3n) is 5.35. The highest BCUT2D eigenvalue weighted by atomic mass is 35.5. The Kier molecular flexibility index (Phi) is 6.71. The summed E-state index contributed by atoms with van der Waals surface area (Å²) in [6, 6.07) is 8.80. The number of amides is 1. The smallest absolute Gasteiger partial charge is 0.276 e. The number of halogens is 3. The van der Waals surface area contributed by atoms with Crippen LogP contribution in [0.3, 0.4) is 0 Å². The van der Waals surface area contributed by atoms with Gasteiger partial charge in [0.2, 0.25) is 11.8 Å². The van der Waals surface area contributed by atoms with Crippen LogP contribution in [0.5, 0.6) is 5.88 Å². The molecule has 33 heavy (non-hydrogen) atoms. The molecule has 10 heteroatoms. The van der Waals surface area contributed by atoms with Gasteiger partial charge < -0.3 is 15.0 Å². The van der Waals surface area contributed by atoms with Gasteiger partial charge in [-0.1, -0.05) is 23.7 Å². The summed E-state index contributed by atoms with van der Waals surface area (Å²) in [5, 5.41) is 2.63. The van der Waals surface area contributed by atoms with Crippen LogP contribution in [0.4, 0.5) is 14.5 Å². The second kappa shape index (κ2) is 9.68. The summed E-state index contributed by atoms with van der Waals surface area (Å²) in [5.41, 5.74) is 2.37. The molecule has 7 nitrogen and oxygen atoms in total. The Hall–Kier alpha value is -3.30. The molecule has 0 unspecified atom stereocenters. The Labute approximate surface area is 193 Å². The third kappa shape index (κ3) is 4.89. The fourth-order valence-electron chi connectivity index (χ4n) is 3.70. The first-order chi connectivity index (χ1) is 15.9. The van der Waals surface area contributed by atoms with Crippen molar-refractivity contribution in [3.8, 4) is 5.88 Å². The topological polar surface area (TPSA) is 76.5 Å². The zero-order valence-corrected chi connectivity index (χ0v) is 18.5. The van der Waals surface area contributed by atoms with Crippen molar-refractivity contribution in [2.45, 2.75) is 19.6 Å². The van der Waals surface area contributed by atoms with E-state index in [9.17, 15) is 18.4 Å². The zero-order chi connectivity index (χ0) is 23.5. The Bertz CT molecular complexity index is 1260. The molecule has 0 spiro atoms. The van der Waals surface area contributed by atoms with Crippen LogP contribution in [0.2, 0.25) is 5.02 Å². The van der Waals surface area contributed by atoms with E-state index in [0.717, 1.165) is 35.4 Å². The van der Waals surface area contributed by atoms with Gasteiger partial charge in [-0.25, -0.2) is 13.8 Å². The lowest BCUT2D eigenvalue weighted by molar-refractivity contribution is -0.117. The number of carbonyl (C=O) groups excluding carboxylic acids is 1. The molecule has 4 rings (SSSR count). The highest BCUT2D eigenvalue weighted by Gasteiger charge is 2.24. The van der Waals surface area contributed by atoms with Crippen LogP contribution < -0.4 is 20.5 Å². The summed E-state index contributed by atoms with van der Waals surface area (Å²) >= 11 is 6.15. The molecule has 2 aromatic carbocycles. The van der Waals surface area contributed by atoms with Gasteiger partial charge in [-0.3, -0.25) is 14.2 Å². The maximum Gasteiger partial charge on any atom is 0.276 e. The number of hydrogen-bond acceptors (Lipinski definition) is 5. The highest BCUT2D eigenvalue weighted by Crippen LogP contribution is 2.29. The van der Waals surface area contributed by atoms with Gasteiger partial charge in [0.15, 0.2) is 5.02 Å². The molecular formula is C23H21ClF2N4O3. The molecule has 0 atom stereocenters. The van der Waals surface area contributed by atoms with E-state index >= 15 is 0 Å². The molecule has 0 fully saturated rings. The molecule has 3 aromatic rings. The number of fused-ring (bicyclic) bond motifs is 1. The minimum Gasteiger partial charge on any atom is -0.471 e. The second-order valence-electron chi connectivity index (χ2n) is 7.61. The van der Waals surface area contributed by atoms with Crippen molar-refractivity contribution >= 4 is 23.2 Å². The fraction of sp³-hybridized carbons (Fsp3) is 0.261. The number of hydrogen-bond donors (Lipinski definition) is 1. The van der Waals surface area contributed by atoms with Crippen LogP contribution in [-0.2, 0) is 24.4 Å². The molecule has 0 saturated carbocycles. The van der Waals surface area contributed by atoms with Crippen molar-refractivity contribution in [3.63, 3.8) is 0 Å². The first kappa shape index (κ1) is 22.9. The number of carbonyl (C=O) groups is 1. The Morgan fingerprint density at radius 2 is 2.06 bits per heavy atom. The van der Waals surface area contributed by atoms with Crippen LogP contribution in [0.25, 0.3) is 0 Å². The second-order valence-corrected chi connectivity index (χ2v) is 7.99. The summed E-state index contributed by atoms with van der Waals surface area (Å²) in [6.45, 7) is 0.863. The summed E-state index contributed by atoms with van der Waals surface area (Å²) < 4.78 is 33.5. The maximum atomic E-state index is 13.8. The normalized spacial score (nSPS) is 12.7. The lowest BCUT2D eigenvalue weighted by Gasteiger charge is -2.17. The molecular weight excluding hydrogens is 454 g/mol. The molecule has 172 valence electrons. The van der Waals surface area contributed by atoms with Crippen LogP contribution in [0.15, 0.2) is 47.5 Å². The van der Waals surface area contributed by atoms with E-state index in [0.29, 0.717) is 6.54 Å². The van der Waals surface area contributed by atoms with E-state index in [-0.39, 0.29) is 42.1 Å². The van der Waals surface area contributed by atoms with Crippen molar-refractivity contribution in [3.05, 3.63) is 86.4 Å². The van der Waals surface area contributed by atoms with Gasteiger partial charge >= 0.3 is 0 Å². The third-order valence-corrected chi connectivity index (χ3v) is 5.68. The van der Waals surface area contributed by atoms with Gasteiger partial charge in [-0.2, -0.15) is 0 Å². The van der Waals surface area contributed by atoms with Gasteiger partial charge in [0.05, 0.1) is 13.1 Å². The van der Waals surface area contributed by atoms with Crippen molar-refractivity contribution in [1.29, 1.82) is 0 Å². The van der Waals surface area contributed by atoms with Gasteiger partial charge in [-0.15, -0.1) is 0 Å². The number of rotatable bonds is 7. The van der Waals surface area contributed by atoms with Gasteiger partial charge in [-0.05, 0) is 42.8 Å². The van der Waals surface area contributed by atoms with Gasteiger partial charge in [0.1, 0.15) is 24.6 Å². The summed E-state index contributed by atoms with van der Waals surface area (Å²) in [6.07, 6.45) is 2.04. The van der Waals surface area contributed by atoms with E-state index in [1.807, 2.05) is 18.2 Å². The lowest BCUT2D eigenvalue weighted by Crippen LogP contribution is -2.35. The van der Waals surface area contributed by atoms with Gasteiger partial charge in [0.25, 0.3) is 5.56 Å². The molecule has 0 radical (unpaired) electrons. The Balaban J connectivity index is 1.48. The predicted molar refractivity (Wildman–Crippen MR) is 120 cm³/mol. The summed E-state index contributed by atoms with van der Waals surface area (Å²) in [7, 11) is 1.73. The molecule has 1 aromatic heterocycles. The molecule has 0 aliphatic carbocycles. The molecule has 2 heterocycles. The molecule has 0 bridgehead atoms.